The summed E-state index contributed by atoms with van der Waals surface area (Å²) in [5.41, 5.74) is 0. The van der Waals surface area contributed by atoms with Gasteiger partial charge in [-0.05, 0) is 31.5 Å². The molecule has 19 heavy (non-hydrogen) atoms. The molecule has 106 valence electrons. The van der Waals surface area contributed by atoms with Crippen LogP contribution in [-0.4, -0.2) is 21.0 Å². The van der Waals surface area contributed by atoms with E-state index in [1.807, 2.05) is 6.92 Å². The minimum Gasteiger partial charge on any atom is -0.447 e. The molecule has 0 fully saturated rings. The first-order chi connectivity index (χ1) is 9.03. The summed E-state index contributed by atoms with van der Waals surface area (Å²) in [4.78, 5) is 0. The highest BCUT2D eigenvalue weighted by atomic mass is 32.2. The first-order valence-corrected chi connectivity index (χ1v) is 7.79. The first-order valence-electron chi connectivity index (χ1n) is 6.31. The largest absolute Gasteiger partial charge is 0.447 e. The highest BCUT2D eigenvalue weighted by Gasteiger charge is 2.21. The first kappa shape index (κ1) is 15.8. The molecule has 0 aliphatic carbocycles. The van der Waals surface area contributed by atoms with E-state index in [1.54, 1.807) is 6.07 Å². The minimum absolute atomic E-state index is 0.102. The Kier molecular flexibility index (Phi) is 6.09. The van der Waals surface area contributed by atoms with Gasteiger partial charge in [0.2, 0.25) is 5.09 Å². The quantitative estimate of drug-likeness (QED) is 0.560. The van der Waals surface area contributed by atoms with E-state index >= 15 is 0 Å². The maximum absolute atomic E-state index is 12.0. The minimum atomic E-state index is -3.68. The molecule has 1 aromatic heterocycles. The van der Waals surface area contributed by atoms with Crippen molar-refractivity contribution >= 4 is 10.0 Å². The zero-order chi connectivity index (χ0) is 14.3. The van der Waals surface area contributed by atoms with Crippen molar-refractivity contribution in [1.29, 1.82) is 0 Å². The summed E-state index contributed by atoms with van der Waals surface area (Å²) in [5.74, 6) is 2.97. The van der Waals surface area contributed by atoms with E-state index in [0.717, 1.165) is 13.0 Å². The molecule has 0 aliphatic rings. The smallest absolute Gasteiger partial charge is 0.275 e. The lowest BCUT2D eigenvalue weighted by molar-refractivity contribution is 0.399. The molecular weight excluding hydrogens is 264 g/mol. The summed E-state index contributed by atoms with van der Waals surface area (Å²) in [6, 6.07) is 2.57. The van der Waals surface area contributed by atoms with Crippen molar-refractivity contribution in [1.82, 2.24) is 10.0 Å². The fourth-order valence-electron chi connectivity index (χ4n) is 1.47. The molecule has 0 saturated heterocycles. The van der Waals surface area contributed by atoms with Crippen LogP contribution in [0.15, 0.2) is 21.6 Å². The van der Waals surface area contributed by atoms with Gasteiger partial charge in [-0.2, -0.15) is 4.72 Å². The van der Waals surface area contributed by atoms with Gasteiger partial charge in [0.15, 0.2) is 0 Å². The molecular formula is C13H20N2O3S. The lowest BCUT2D eigenvalue weighted by atomic mass is 10.3. The monoisotopic (exact) mass is 284 g/mol. The van der Waals surface area contributed by atoms with Crippen LogP contribution in [0.3, 0.4) is 0 Å². The molecule has 0 amide bonds. The van der Waals surface area contributed by atoms with Crippen molar-refractivity contribution < 1.29 is 12.8 Å². The molecule has 6 heteroatoms. The summed E-state index contributed by atoms with van der Waals surface area (Å²) in [7, 11) is -3.68. The molecule has 1 heterocycles. The topological polar surface area (TPSA) is 71.3 Å². The van der Waals surface area contributed by atoms with Crippen molar-refractivity contribution in [3.63, 3.8) is 0 Å². The maximum atomic E-state index is 12.0. The second-order valence-corrected chi connectivity index (χ2v) is 5.79. The van der Waals surface area contributed by atoms with Crippen LogP contribution in [0, 0.1) is 12.3 Å². The van der Waals surface area contributed by atoms with Crippen molar-refractivity contribution in [3.05, 3.63) is 17.9 Å². The van der Waals surface area contributed by atoms with Gasteiger partial charge in [0, 0.05) is 0 Å². The summed E-state index contributed by atoms with van der Waals surface area (Å²) < 4.78 is 31.7. The molecule has 1 atom stereocenters. The van der Waals surface area contributed by atoms with Gasteiger partial charge in [0.1, 0.15) is 5.76 Å². The molecule has 0 bridgehead atoms. The number of hydrogen-bond acceptors (Lipinski definition) is 4. The molecule has 1 unspecified atom stereocenters. The Hall–Kier alpha value is -1.29. The SMILES string of the molecule is C#CC(CC)NS(=O)(=O)c1ccc(CNCCC)o1. The predicted octanol–water partition coefficient (Wildman–Crippen LogP) is 1.47. The summed E-state index contributed by atoms with van der Waals surface area (Å²) in [6.45, 7) is 5.24. The van der Waals surface area contributed by atoms with Crippen LogP contribution in [-0.2, 0) is 16.6 Å². The van der Waals surface area contributed by atoms with Gasteiger partial charge in [-0.3, -0.25) is 0 Å². The Morgan fingerprint density at radius 3 is 2.74 bits per heavy atom. The molecule has 2 N–H and O–H groups in total. The van der Waals surface area contributed by atoms with Crippen LogP contribution < -0.4 is 10.0 Å². The number of rotatable bonds is 8. The van der Waals surface area contributed by atoms with E-state index < -0.39 is 16.1 Å². The van der Waals surface area contributed by atoms with E-state index in [-0.39, 0.29) is 5.09 Å². The third-order valence-corrected chi connectivity index (χ3v) is 3.88. The molecule has 0 spiro atoms. The third kappa shape index (κ3) is 4.71. The molecule has 1 aromatic rings. The normalized spacial score (nSPS) is 13.1. The van der Waals surface area contributed by atoms with E-state index in [0.29, 0.717) is 18.7 Å². The molecule has 0 aromatic carbocycles. The number of hydrogen-bond donors (Lipinski definition) is 2. The van der Waals surface area contributed by atoms with Crippen molar-refractivity contribution in [3.8, 4) is 12.3 Å². The van der Waals surface area contributed by atoms with Gasteiger partial charge in [-0.15, -0.1) is 6.42 Å². The summed E-state index contributed by atoms with van der Waals surface area (Å²) in [5, 5.41) is 3.04. The van der Waals surface area contributed by atoms with Crippen LogP contribution in [0.1, 0.15) is 32.4 Å². The van der Waals surface area contributed by atoms with E-state index in [2.05, 4.69) is 22.9 Å². The van der Waals surface area contributed by atoms with Gasteiger partial charge in [-0.1, -0.05) is 19.8 Å². The van der Waals surface area contributed by atoms with Crippen LogP contribution >= 0.6 is 0 Å². The van der Waals surface area contributed by atoms with Crippen molar-refractivity contribution in [2.75, 3.05) is 6.54 Å². The van der Waals surface area contributed by atoms with E-state index in [1.165, 1.54) is 6.07 Å². The van der Waals surface area contributed by atoms with Gasteiger partial charge >= 0.3 is 0 Å². The highest BCUT2D eigenvalue weighted by Crippen LogP contribution is 2.14. The number of furan rings is 1. The van der Waals surface area contributed by atoms with E-state index in [4.69, 9.17) is 10.8 Å². The Bertz CT molecular complexity index is 528. The Morgan fingerprint density at radius 2 is 2.16 bits per heavy atom. The van der Waals surface area contributed by atoms with Crippen LogP contribution in [0.25, 0.3) is 0 Å². The van der Waals surface area contributed by atoms with Gasteiger partial charge in [0.25, 0.3) is 10.0 Å². The average molecular weight is 284 g/mol. The van der Waals surface area contributed by atoms with Crippen LogP contribution in [0.2, 0.25) is 0 Å². The Labute approximate surface area is 114 Å². The van der Waals surface area contributed by atoms with Gasteiger partial charge in [-0.25, -0.2) is 8.42 Å². The number of sulfonamides is 1. The predicted molar refractivity (Wildman–Crippen MR) is 73.9 cm³/mol. The fourth-order valence-corrected chi connectivity index (χ4v) is 2.66. The Balaban J connectivity index is 2.72. The maximum Gasteiger partial charge on any atom is 0.275 e. The van der Waals surface area contributed by atoms with Crippen LogP contribution in [0.5, 0.6) is 0 Å². The number of nitrogens with one attached hydrogen (secondary N) is 2. The van der Waals surface area contributed by atoms with Crippen molar-refractivity contribution in [2.24, 2.45) is 0 Å². The van der Waals surface area contributed by atoms with E-state index in [9.17, 15) is 8.42 Å². The standard InChI is InChI=1S/C13H20N2O3S/c1-4-9-14-10-12-7-8-13(18-12)19(16,17)15-11(5-2)6-3/h2,7-8,11,14-15H,4,6,9-10H2,1,3H3. The Morgan fingerprint density at radius 1 is 1.42 bits per heavy atom. The average Bonchev–Trinajstić information content (AvgIpc) is 2.86. The lowest BCUT2D eigenvalue weighted by Crippen LogP contribution is -2.32. The van der Waals surface area contributed by atoms with Gasteiger partial charge < -0.3 is 9.73 Å². The van der Waals surface area contributed by atoms with Crippen molar-refractivity contribution in [2.45, 2.75) is 44.4 Å². The fraction of sp³-hybridized carbons (Fsp3) is 0.538. The summed E-state index contributed by atoms with van der Waals surface area (Å²) in [6.07, 6.45) is 6.77. The third-order valence-electron chi connectivity index (χ3n) is 2.53. The summed E-state index contributed by atoms with van der Waals surface area (Å²) >= 11 is 0. The van der Waals surface area contributed by atoms with Crippen LogP contribution in [0.4, 0.5) is 0 Å². The molecule has 1 rings (SSSR count). The van der Waals surface area contributed by atoms with Gasteiger partial charge in [0.05, 0.1) is 12.6 Å². The molecule has 0 radical (unpaired) electrons. The number of terminal acetylenes is 1. The molecule has 0 saturated carbocycles. The molecule has 0 aliphatic heterocycles. The highest BCUT2D eigenvalue weighted by molar-refractivity contribution is 7.89. The lowest BCUT2D eigenvalue weighted by Gasteiger charge is -2.09. The molecule has 5 nitrogen and oxygen atoms in total. The second kappa shape index (κ2) is 7.34. The zero-order valence-corrected chi connectivity index (χ0v) is 12.1. The zero-order valence-electron chi connectivity index (χ0n) is 11.3. The second-order valence-electron chi connectivity index (χ2n) is 4.15.